The first-order valence-corrected chi connectivity index (χ1v) is 50.9. The molecule has 11 aromatic heterocycles. The Kier molecular flexibility index (Phi) is 26.0. The molecule has 0 radical (unpaired) electrons. The second-order valence-corrected chi connectivity index (χ2v) is 43.8. The lowest BCUT2D eigenvalue weighted by Gasteiger charge is -2.30. The van der Waals surface area contributed by atoms with Gasteiger partial charge in [0.15, 0.2) is 5.76 Å². The smallest absolute Gasteiger partial charge is 0.291 e. The number of carbonyl (C=O) groups excluding carboxylic acids is 3. The maximum Gasteiger partial charge on any atom is 0.291 e. The summed E-state index contributed by atoms with van der Waals surface area (Å²) in [4.78, 5) is 74.9. The number of nitrogens with one attached hydrogen (secondary N) is 4. The molecular weight excluding hydrogens is 1800 g/mol. The summed E-state index contributed by atoms with van der Waals surface area (Å²) in [5.74, 6) is 0.321. The molecule has 6 aromatic carbocycles. The van der Waals surface area contributed by atoms with Gasteiger partial charge in [0, 0.05) is 119 Å². The molecule has 124 heavy (non-hydrogen) atoms. The van der Waals surface area contributed by atoms with Crippen LogP contribution in [0.15, 0.2) is 214 Å². The van der Waals surface area contributed by atoms with Gasteiger partial charge < -0.3 is 35.7 Å². The van der Waals surface area contributed by atoms with Crippen LogP contribution in [0.3, 0.4) is 0 Å². The zero-order chi connectivity index (χ0) is 84.3. The molecule has 17 nitrogen and oxygen atoms in total. The molecular formula is C96H89BrN12O5S10. The van der Waals surface area contributed by atoms with Gasteiger partial charge >= 0.3 is 0 Å². The molecule has 1 fully saturated rings. The summed E-state index contributed by atoms with van der Waals surface area (Å²) < 4.78 is 10.9. The number of anilines is 4. The molecule has 1 atom stereocenters. The van der Waals surface area contributed by atoms with Crippen LogP contribution in [0.5, 0.6) is 0 Å². The lowest BCUT2D eigenvalue weighted by molar-refractivity contribution is 0.0994. The Bertz CT molecular complexity index is 6500. The van der Waals surface area contributed by atoms with Gasteiger partial charge in [0.2, 0.25) is 0 Å². The van der Waals surface area contributed by atoms with Gasteiger partial charge in [-0.25, -0.2) is 19.9 Å². The molecule has 17 aromatic rings. The van der Waals surface area contributed by atoms with Crippen LogP contribution in [0, 0.1) is 5.92 Å². The van der Waals surface area contributed by atoms with Crippen molar-refractivity contribution in [2.75, 3.05) is 54.5 Å². The second kappa shape index (κ2) is 38.2. The summed E-state index contributed by atoms with van der Waals surface area (Å²) in [6, 6.07) is 65.7. The number of halogens is 1. The lowest BCUT2D eigenvalue weighted by atomic mass is 9.88. The normalized spacial score (nSPS) is 15.3. The minimum atomic E-state index is -0.472. The summed E-state index contributed by atoms with van der Waals surface area (Å²) in [7, 11) is 2.13. The van der Waals surface area contributed by atoms with E-state index >= 15 is 0 Å². The van der Waals surface area contributed by atoms with Crippen molar-refractivity contribution in [3.05, 3.63) is 278 Å². The molecule has 3 amide bonds. The highest BCUT2D eigenvalue weighted by atomic mass is 79.9. The molecule has 1 saturated carbocycles. The molecule has 0 bridgehead atoms. The monoisotopic (exact) mass is 1890 g/mol. The first-order valence-electron chi connectivity index (χ1n) is 41.9. The summed E-state index contributed by atoms with van der Waals surface area (Å²) in [5, 5.41) is 33.8. The van der Waals surface area contributed by atoms with E-state index in [1.807, 2.05) is 83.4 Å². The van der Waals surface area contributed by atoms with E-state index in [2.05, 4.69) is 193 Å². The number of furan rings is 1. The van der Waals surface area contributed by atoms with E-state index in [0.29, 0.717) is 22.6 Å². The van der Waals surface area contributed by atoms with Crippen LogP contribution in [0.1, 0.15) is 129 Å². The van der Waals surface area contributed by atoms with E-state index < -0.39 is 6.23 Å². The third-order valence-corrected chi connectivity index (χ3v) is 34.5. The van der Waals surface area contributed by atoms with Crippen LogP contribution in [0.25, 0.3) is 83.2 Å². The molecule has 4 aliphatic heterocycles. The van der Waals surface area contributed by atoms with Gasteiger partial charge in [-0.15, -0.1) is 113 Å². The highest BCUT2D eigenvalue weighted by Gasteiger charge is 2.35. The second-order valence-electron chi connectivity index (χ2n) is 31.9. The average Bonchev–Trinajstić information content (AvgIpc) is 1.63. The van der Waals surface area contributed by atoms with Gasteiger partial charge in [-0.3, -0.25) is 29.1 Å². The van der Waals surface area contributed by atoms with Crippen molar-refractivity contribution in [2.45, 2.75) is 123 Å². The van der Waals surface area contributed by atoms with Crippen molar-refractivity contribution in [1.29, 1.82) is 0 Å². The molecule has 22 rings (SSSR count). The summed E-state index contributed by atoms with van der Waals surface area (Å²) in [6.45, 7) is 14.2. The highest BCUT2D eigenvalue weighted by molar-refractivity contribution is 9.11. The highest BCUT2D eigenvalue weighted by Crippen LogP contribution is 2.52. The van der Waals surface area contributed by atoms with Crippen LogP contribution in [0.4, 0.5) is 20.0 Å². The number of hydrogen-bond acceptors (Lipinski definition) is 24. The van der Waals surface area contributed by atoms with Gasteiger partial charge in [0.05, 0.1) is 60.7 Å². The number of benzene rings is 6. The zero-order valence-corrected chi connectivity index (χ0v) is 78.2. The van der Waals surface area contributed by atoms with Gasteiger partial charge in [-0.1, -0.05) is 135 Å². The Morgan fingerprint density at radius 2 is 0.871 bits per heavy atom. The molecule has 28 heteroatoms. The first kappa shape index (κ1) is 84.3. The number of aliphatic hydroxyl groups is 1. The number of rotatable bonds is 18. The van der Waals surface area contributed by atoms with Crippen LogP contribution in [-0.2, 0) is 65.0 Å². The Hall–Kier alpha value is -9.15. The molecule has 1 aliphatic carbocycles. The average molecular weight is 1890 g/mol. The molecule has 0 spiro atoms. The van der Waals surface area contributed by atoms with E-state index in [0.717, 1.165) is 196 Å². The van der Waals surface area contributed by atoms with E-state index in [-0.39, 0.29) is 17.7 Å². The lowest BCUT2D eigenvalue weighted by Crippen LogP contribution is -2.35. The number of amides is 3. The number of carbonyl (C=O) groups is 3. The predicted molar refractivity (Wildman–Crippen MR) is 525 cm³/mol. The number of thiazole rings is 4. The Morgan fingerprint density at radius 3 is 1.31 bits per heavy atom. The summed E-state index contributed by atoms with van der Waals surface area (Å²) in [6.07, 6.45) is 11.0. The maximum absolute atomic E-state index is 13.1. The van der Waals surface area contributed by atoms with Crippen LogP contribution in [-0.4, -0.2) is 108 Å². The van der Waals surface area contributed by atoms with Crippen molar-refractivity contribution in [1.82, 2.24) is 39.5 Å². The Labute approximate surface area is 768 Å². The number of aliphatic hydroxyl groups excluding tert-OH is 1. The van der Waals surface area contributed by atoms with Crippen LogP contribution < -0.4 is 21.3 Å². The fourth-order valence-electron chi connectivity index (χ4n) is 16.9. The van der Waals surface area contributed by atoms with Crippen LogP contribution >= 0.6 is 129 Å². The number of aromatic nitrogens is 4. The fourth-order valence-corrected chi connectivity index (χ4v) is 28.4. The quantitative estimate of drug-likeness (QED) is 0.0509. The largest absolute Gasteiger partial charge is 0.459 e. The SMILES string of the molecule is CC(C)N1CCc2c(sc(NC(O)C3CCCCC3)c2-c2nc3ccccc3s2)C1.CN1CCc2c(sc(NC(=O)c3ccco3)c2-c2nc3ccccc3s2)C1.O=C(Nc1sc2c(c1-c1nc3ccccc3s1)CCN(Cc1ccccc1)C2)c1ccc(Br)s1.O=C(Nc1sc2c(c1-c1nc3ccccc3s1)CCN(Cc1ccccc1)C2)c1cccs1. The van der Waals surface area contributed by atoms with Crippen molar-refractivity contribution < 1.29 is 23.9 Å². The van der Waals surface area contributed by atoms with E-state index in [1.54, 1.807) is 91.5 Å². The van der Waals surface area contributed by atoms with Gasteiger partial charge in [-0.05, 0) is 193 Å². The molecule has 5 N–H and O–H groups in total. The third kappa shape index (κ3) is 18.8. The zero-order valence-electron chi connectivity index (χ0n) is 68.4. The standard InChI is InChI=1S/C26H20BrN3OS3.C26H21N3OS3.C24H31N3OS2.C20H17N3O2S2/c27-22-11-10-20(32-22)24(31)29-26-23(25-28-18-8-4-5-9-19(18)33-25)17-12-13-30(15-21(17)34-26)14-16-6-2-1-3-7-16;30-24(21-11-6-14-31-21)28-26-23(25-27-19-9-4-5-10-20(19)32-25)18-12-13-29(16-22(18)33-26)15-17-7-2-1-3-8-17;1-15(2)27-13-12-17-20(14-27)30-24(26-22(28)16-8-4-3-5-9-16)21(17)23-25-18-10-6-7-11-19(18)29-23;1-23-9-8-12-16(11-23)27-20(22-18(24)14-6-4-10-25-14)17(12)19-21-13-5-2-3-7-15(13)26-19/h1-11H,12-15H2,(H,29,31);1-11,14H,12-13,15-16H2,(H,28,30);6-7,10-11,15-16,22,26,28H,3-5,8-9,12-14H2,1-2H3;2-7,10H,8-9,11H2,1H3,(H,22,24). The number of hydrogen-bond donors (Lipinski definition) is 5. The van der Waals surface area contributed by atoms with Crippen molar-refractivity contribution >= 4 is 208 Å². The molecule has 1 unspecified atom stereocenters. The van der Waals surface area contributed by atoms with Crippen molar-refractivity contribution in [3.63, 3.8) is 0 Å². The van der Waals surface area contributed by atoms with Crippen LogP contribution in [0.2, 0.25) is 0 Å². The Balaban J connectivity index is 0.000000109. The van der Waals surface area contributed by atoms with E-state index in [4.69, 9.17) is 24.4 Å². The number of likely N-dealkylation sites (N-methyl/N-ethyl adjacent to an activating group) is 1. The minimum Gasteiger partial charge on any atom is -0.459 e. The summed E-state index contributed by atoms with van der Waals surface area (Å²) in [5.41, 5.74) is 16.7. The fraction of sp³-hybridized carbons (Fsp3) is 0.260. The first-order chi connectivity index (χ1) is 60.7. The maximum atomic E-state index is 13.1. The predicted octanol–water partition coefficient (Wildman–Crippen LogP) is 25.5. The van der Waals surface area contributed by atoms with Gasteiger partial charge in [0.25, 0.3) is 17.7 Å². The third-order valence-electron chi connectivity index (χ3n) is 23.2. The Morgan fingerprint density at radius 1 is 0.444 bits per heavy atom. The van der Waals surface area contributed by atoms with Gasteiger partial charge in [0.1, 0.15) is 46.3 Å². The molecule has 15 heterocycles. The van der Waals surface area contributed by atoms with Crippen molar-refractivity contribution in [3.8, 4) is 42.3 Å². The number of fused-ring (bicyclic) bond motifs is 8. The van der Waals surface area contributed by atoms with Crippen molar-refractivity contribution in [2.24, 2.45) is 5.92 Å². The number of nitrogens with zero attached hydrogens (tertiary/aromatic N) is 8. The molecule has 630 valence electrons. The minimum absolute atomic E-state index is 0.0490. The number of thiophene rings is 6. The van der Waals surface area contributed by atoms with E-state index in [9.17, 15) is 19.5 Å². The van der Waals surface area contributed by atoms with E-state index in [1.165, 1.54) is 121 Å². The summed E-state index contributed by atoms with van der Waals surface area (Å²) >= 11 is 20.1. The molecule has 0 saturated heterocycles. The van der Waals surface area contributed by atoms with Gasteiger partial charge in [-0.2, -0.15) is 0 Å². The topological polar surface area (TPSA) is 197 Å². The molecule has 5 aliphatic rings. The number of para-hydroxylation sites is 4.